The molecule has 2 N–H and O–H groups in total. The van der Waals surface area contributed by atoms with E-state index in [9.17, 15) is 14.0 Å². The van der Waals surface area contributed by atoms with Gasteiger partial charge in [-0.05, 0) is 49.8 Å². The zero-order valence-corrected chi connectivity index (χ0v) is 13.3. The number of rotatable bonds is 3. The quantitative estimate of drug-likeness (QED) is 0.911. The smallest absolute Gasteiger partial charge is 0.248 e. The Hall–Kier alpha value is -2.43. The summed E-state index contributed by atoms with van der Waals surface area (Å²) in [4.78, 5) is 27.2. The minimum absolute atomic E-state index is 0.114. The van der Waals surface area contributed by atoms with Gasteiger partial charge in [-0.3, -0.25) is 9.59 Å². The summed E-state index contributed by atoms with van der Waals surface area (Å²) in [7, 11) is 0. The first-order valence-electron chi connectivity index (χ1n) is 8.38. The van der Waals surface area contributed by atoms with Gasteiger partial charge < -0.3 is 10.3 Å². The molecule has 0 saturated heterocycles. The molecule has 1 unspecified atom stereocenters. The van der Waals surface area contributed by atoms with Gasteiger partial charge in [-0.1, -0.05) is 18.2 Å². The lowest BCUT2D eigenvalue weighted by Gasteiger charge is -2.28. The van der Waals surface area contributed by atoms with Gasteiger partial charge in [0.1, 0.15) is 5.82 Å². The average Bonchev–Trinajstić information content (AvgIpc) is 3.37. The van der Waals surface area contributed by atoms with Crippen molar-refractivity contribution >= 4 is 5.91 Å². The van der Waals surface area contributed by atoms with Gasteiger partial charge in [-0.15, -0.1) is 0 Å². The molecule has 1 aromatic heterocycles. The Morgan fingerprint density at radius 1 is 1.21 bits per heavy atom. The lowest BCUT2D eigenvalue weighted by molar-refractivity contribution is -0.124. The minimum Gasteiger partial charge on any atom is -0.348 e. The minimum atomic E-state index is -0.731. The van der Waals surface area contributed by atoms with Crippen LogP contribution in [0.25, 0.3) is 0 Å². The fourth-order valence-corrected chi connectivity index (χ4v) is 3.74. The summed E-state index contributed by atoms with van der Waals surface area (Å²) in [5.41, 5.74) is 1.50. The molecule has 1 aromatic carbocycles. The second kappa shape index (κ2) is 5.58. The molecule has 4 nitrogen and oxygen atoms in total. The number of amides is 1. The van der Waals surface area contributed by atoms with E-state index >= 15 is 0 Å². The van der Waals surface area contributed by atoms with Crippen LogP contribution in [-0.4, -0.2) is 10.9 Å². The number of carbonyl (C=O) groups is 1. The molecule has 24 heavy (non-hydrogen) atoms. The molecule has 5 heteroatoms. The van der Waals surface area contributed by atoms with E-state index in [0.717, 1.165) is 30.5 Å². The number of pyridine rings is 1. The monoisotopic (exact) mass is 326 g/mol. The van der Waals surface area contributed by atoms with Crippen molar-refractivity contribution in [2.45, 2.75) is 43.6 Å². The van der Waals surface area contributed by atoms with Crippen molar-refractivity contribution in [1.29, 1.82) is 0 Å². The van der Waals surface area contributed by atoms with Crippen molar-refractivity contribution in [1.82, 2.24) is 10.3 Å². The molecular formula is C19H19FN2O2. The molecule has 1 fully saturated rings. The zero-order chi connectivity index (χ0) is 16.7. The third-order valence-corrected chi connectivity index (χ3v) is 5.21. The second-order valence-corrected chi connectivity index (χ2v) is 6.74. The third kappa shape index (κ3) is 2.44. The van der Waals surface area contributed by atoms with Crippen LogP contribution in [-0.2, 0) is 16.6 Å². The Morgan fingerprint density at radius 2 is 2.00 bits per heavy atom. The standard InChI is InChI=1S/C19H19FN2O2/c20-14-5-2-1-4-13(14)19(10-11-19)18(24)22-16-7-3-6-15-12(16)8-9-17(23)21-15/h1-2,4-5,8-9,16H,3,6-7,10-11H2,(H,21,23)(H,22,24). The number of halogens is 1. The second-order valence-electron chi connectivity index (χ2n) is 6.74. The first kappa shape index (κ1) is 15.1. The molecule has 4 rings (SSSR count). The Balaban J connectivity index is 1.60. The van der Waals surface area contributed by atoms with E-state index < -0.39 is 5.41 Å². The molecule has 124 valence electrons. The molecule has 1 atom stereocenters. The maximum absolute atomic E-state index is 14.1. The molecule has 2 aliphatic carbocycles. The fraction of sp³-hybridized carbons (Fsp3) is 0.368. The van der Waals surface area contributed by atoms with E-state index in [-0.39, 0.29) is 23.3 Å². The predicted molar refractivity (Wildman–Crippen MR) is 88.2 cm³/mol. The first-order chi connectivity index (χ1) is 11.6. The van der Waals surface area contributed by atoms with Crippen LogP contribution in [0.3, 0.4) is 0 Å². The molecule has 2 aliphatic rings. The van der Waals surface area contributed by atoms with E-state index in [0.29, 0.717) is 18.4 Å². The van der Waals surface area contributed by atoms with Gasteiger partial charge >= 0.3 is 0 Å². The number of benzene rings is 1. The number of aromatic amines is 1. The Bertz CT molecular complexity index is 854. The Labute approximate surface area is 139 Å². The van der Waals surface area contributed by atoms with Gasteiger partial charge in [-0.2, -0.15) is 0 Å². The molecule has 2 aromatic rings. The number of fused-ring (bicyclic) bond motifs is 1. The van der Waals surface area contributed by atoms with Gasteiger partial charge in [0.05, 0.1) is 11.5 Å². The van der Waals surface area contributed by atoms with Crippen molar-refractivity contribution in [3.8, 4) is 0 Å². The number of H-pyrrole nitrogens is 1. The van der Waals surface area contributed by atoms with Crippen LogP contribution in [0.2, 0.25) is 0 Å². The molecule has 1 saturated carbocycles. The number of carbonyl (C=O) groups excluding carboxylic acids is 1. The summed E-state index contributed by atoms with van der Waals surface area (Å²) in [6.07, 6.45) is 3.90. The van der Waals surface area contributed by atoms with Crippen LogP contribution in [0.5, 0.6) is 0 Å². The lowest BCUT2D eigenvalue weighted by atomic mass is 9.89. The van der Waals surface area contributed by atoms with E-state index in [1.54, 1.807) is 24.3 Å². The van der Waals surface area contributed by atoms with E-state index in [1.165, 1.54) is 12.1 Å². The topological polar surface area (TPSA) is 62.0 Å². The van der Waals surface area contributed by atoms with Crippen molar-refractivity contribution in [2.24, 2.45) is 0 Å². The highest BCUT2D eigenvalue weighted by atomic mass is 19.1. The van der Waals surface area contributed by atoms with Gasteiger partial charge in [0.2, 0.25) is 11.5 Å². The molecule has 0 aliphatic heterocycles. The maximum atomic E-state index is 14.1. The summed E-state index contributed by atoms with van der Waals surface area (Å²) < 4.78 is 14.1. The summed E-state index contributed by atoms with van der Waals surface area (Å²) in [6, 6.07) is 9.68. The van der Waals surface area contributed by atoms with E-state index in [1.807, 2.05) is 0 Å². The summed E-state index contributed by atoms with van der Waals surface area (Å²) in [5.74, 6) is -0.435. The third-order valence-electron chi connectivity index (χ3n) is 5.21. The van der Waals surface area contributed by atoms with Crippen molar-refractivity contribution < 1.29 is 9.18 Å². The molecule has 0 radical (unpaired) electrons. The van der Waals surface area contributed by atoms with Crippen molar-refractivity contribution in [3.63, 3.8) is 0 Å². The first-order valence-corrected chi connectivity index (χ1v) is 8.38. The summed E-state index contributed by atoms with van der Waals surface area (Å²) in [6.45, 7) is 0. The zero-order valence-electron chi connectivity index (χ0n) is 13.3. The molecular weight excluding hydrogens is 307 g/mol. The average molecular weight is 326 g/mol. The summed E-state index contributed by atoms with van der Waals surface area (Å²) in [5, 5.41) is 3.10. The predicted octanol–water partition coefficient (Wildman–Crippen LogP) is 2.74. The highest BCUT2D eigenvalue weighted by Gasteiger charge is 2.53. The number of hydrogen-bond acceptors (Lipinski definition) is 2. The highest BCUT2D eigenvalue weighted by molar-refractivity contribution is 5.91. The molecule has 0 bridgehead atoms. The SMILES string of the molecule is O=C(NC1CCCc2[nH]c(=O)ccc21)C1(c2ccccc2F)CC1. The molecule has 0 spiro atoms. The highest BCUT2D eigenvalue weighted by Crippen LogP contribution is 2.49. The van der Waals surface area contributed by atoms with Crippen molar-refractivity contribution in [2.75, 3.05) is 0 Å². The number of hydrogen-bond donors (Lipinski definition) is 2. The number of nitrogens with one attached hydrogen (secondary N) is 2. The normalized spacial score (nSPS) is 21.0. The number of aromatic nitrogens is 1. The number of aryl methyl sites for hydroxylation is 1. The van der Waals surface area contributed by atoms with Gasteiger partial charge in [-0.25, -0.2) is 4.39 Å². The Morgan fingerprint density at radius 3 is 2.75 bits per heavy atom. The van der Waals surface area contributed by atoms with Crippen LogP contribution in [0, 0.1) is 5.82 Å². The van der Waals surface area contributed by atoms with Gasteiger partial charge in [0.15, 0.2) is 0 Å². The van der Waals surface area contributed by atoms with Crippen LogP contribution in [0.4, 0.5) is 4.39 Å². The van der Waals surface area contributed by atoms with Crippen LogP contribution < -0.4 is 10.9 Å². The van der Waals surface area contributed by atoms with Gasteiger partial charge in [0.25, 0.3) is 0 Å². The maximum Gasteiger partial charge on any atom is 0.248 e. The lowest BCUT2D eigenvalue weighted by Crippen LogP contribution is -2.39. The van der Waals surface area contributed by atoms with Gasteiger partial charge in [0, 0.05) is 17.3 Å². The molecule has 1 amide bonds. The van der Waals surface area contributed by atoms with Crippen LogP contribution >= 0.6 is 0 Å². The van der Waals surface area contributed by atoms with Crippen LogP contribution in [0.15, 0.2) is 41.2 Å². The fourth-order valence-electron chi connectivity index (χ4n) is 3.74. The van der Waals surface area contributed by atoms with E-state index in [2.05, 4.69) is 10.3 Å². The van der Waals surface area contributed by atoms with Crippen molar-refractivity contribution in [3.05, 3.63) is 69.4 Å². The molecule has 1 heterocycles. The van der Waals surface area contributed by atoms with Crippen LogP contribution in [0.1, 0.15) is 48.5 Å². The van der Waals surface area contributed by atoms with E-state index in [4.69, 9.17) is 0 Å². The Kier molecular flexibility index (Phi) is 3.52. The summed E-state index contributed by atoms with van der Waals surface area (Å²) >= 11 is 0. The largest absolute Gasteiger partial charge is 0.348 e.